The Balaban J connectivity index is 2.09. The summed E-state index contributed by atoms with van der Waals surface area (Å²) in [6.45, 7) is -0.215. The van der Waals surface area contributed by atoms with Crippen LogP contribution in [0.15, 0.2) is 53.7 Å². The van der Waals surface area contributed by atoms with Crippen molar-refractivity contribution >= 4 is 5.84 Å². The van der Waals surface area contributed by atoms with Gasteiger partial charge in [-0.15, -0.1) is 0 Å². The maximum atomic E-state index is 11.0. The molecule has 0 saturated heterocycles. The molecule has 0 spiro atoms. The van der Waals surface area contributed by atoms with E-state index in [-0.39, 0.29) is 41.2 Å². The van der Waals surface area contributed by atoms with Crippen molar-refractivity contribution in [2.24, 2.45) is 10.9 Å². The summed E-state index contributed by atoms with van der Waals surface area (Å²) >= 11 is 0. The van der Waals surface area contributed by atoms with Crippen molar-refractivity contribution in [2.45, 2.75) is 0 Å². The van der Waals surface area contributed by atoms with Gasteiger partial charge in [0.2, 0.25) is 0 Å². The Labute approximate surface area is 178 Å². The molecule has 0 unspecified atom stereocenters. The molecule has 0 aromatic heterocycles. The van der Waals surface area contributed by atoms with Crippen LogP contribution in [0.1, 0.15) is 0 Å². The number of phenols is 3. The monoisotopic (exact) mass is 426 g/mol. The Morgan fingerprint density at radius 2 is 1.58 bits per heavy atom. The summed E-state index contributed by atoms with van der Waals surface area (Å²) in [5.74, 6) is 0.208. The summed E-state index contributed by atoms with van der Waals surface area (Å²) < 4.78 is 16.2. The van der Waals surface area contributed by atoms with Crippen LogP contribution in [0.5, 0.6) is 34.5 Å². The van der Waals surface area contributed by atoms with E-state index in [9.17, 15) is 15.3 Å². The first kappa shape index (κ1) is 21.4. The van der Waals surface area contributed by atoms with Gasteiger partial charge in [-0.05, 0) is 41.5 Å². The van der Waals surface area contributed by atoms with Crippen LogP contribution in [0.4, 0.5) is 0 Å². The van der Waals surface area contributed by atoms with E-state index in [1.54, 1.807) is 24.3 Å². The highest BCUT2D eigenvalue weighted by molar-refractivity contribution is 5.88. The van der Waals surface area contributed by atoms with Crippen molar-refractivity contribution in [1.29, 1.82) is 0 Å². The number of nitrogens with two attached hydrogens (primary N) is 1. The third-order valence-corrected chi connectivity index (χ3v) is 4.57. The topological polar surface area (TPSA) is 147 Å². The molecule has 3 aromatic carbocycles. The molecule has 3 aromatic rings. The van der Waals surface area contributed by atoms with Gasteiger partial charge in [0.1, 0.15) is 18.1 Å². The van der Waals surface area contributed by atoms with Crippen LogP contribution in [-0.4, -0.2) is 47.2 Å². The molecule has 9 heteroatoms. The zero-order chi connectivity index (χ0) is 22.5. The number of benzene rings is 3. The minimum atomic E-state index is -0.216. The van der Waals surface area contributed by atoms with Gasteiger partial charge in [-0.2, -0.15) is 0 Å². The Morgan fingerprint density at radius 1 is 0.903 bits per heavy atom. The summed E-state index contributed by atoms with van der Waals surface area (Å²) in [6.07, 6.45) is 0. The van der Waals surface area contributed by atoms with Gasteiger partial charge in [0, 0.05) is 5.56 Å². The SMILES string of the molecule is COc1cc(-c2ccc(O)cc2)c(OC)c(O)c1-c1ccc(OC/C(N)=N\O)c(O)c1. The van der Waals surface area contributed by atoms with Gasteiger partial charge in [0.05, 0.1) is 19.8 Å². The average Bonchev–Trinajstić information content (AvgIpc) is 2.77. The lowest BCUT2D eigenvalue weighted by Crippen LogP contribution is -2.20. The molecule has 9 nitrogen and oxygen atoms in total. The van der Waals surface area contributed by atoms with Crippen LogP contribution in [0.2, 0.25) is 0 Å². The lowest BCUT2D eigenvalue weighted by atomic mass is 9.96. The molecule has 0 aliphatic carbocycles. The first-order valence-corrected chi connectivity index (χ1v) is 9.09. The molecule has 0 aliphatic rings. The second-order valence-corrected chi connectivity index (χ2v) is 6.49. The number of methoxy groups -OCH3 is 2. The van der Waals surface area contributed by atoms with Crippen LogP contribution in [0.25, 0.3) is 22.3 Å². The lowest BCUT2D eigenvalue weighted by molar-refractivity contribution is 0.302. The fourth-order valence-corrected chi connectivity index (χ4v) is 3.10. The summed E-state index contributed by atoms with van der Waals surface area (Å²) in [6, 6.07) is 12.6. The van der Waals surface area contributed by atoms with Crippen molar-refractivity contribution in [3.8, 4) is 56.8 Å². The number of aromatic hydroxyl groups is 3. The highest BCUT2D eigenvalue weighted by atomic mass is 16.5. The molecular weight excluding hydrogens is 404 g/mol. The van der Waals surface area contributed by atoms with Gasteiger partial charge in [0.15, 0.2) is 28.8 Å². The van der Waals surface area contributed by atoms with Gasteiger partial charge < -0.3 is 40.5 Å². The fraction of sp³-hybridized carbons (Fsp3) is 0.136. The Bertz CT molecular complexity index is 1110. The molecular formula is C22H22N2O7. The maximum absolute atomic E-state index is 11.0. The van der Waals surface area contributed by atoms with Gasteiger partial charge in [-0.1, -0.05) is 23.4 Å². The maximum Gasteiger partial charge on any atom is 0.177 e. The number of hydrogen-bond donors (Lipinski definition) is 5. The molecule has 3 rings (SSSR count). The van der Waals surface area contributed by atoms with Crippen molar-refractivity contribution in [2.75, 3.05) is 20.8 Å². The molecule has 0 bridgehead atoms. The number of phenolic OH excluding ortho intramolecular Hbond substituents is 3. The van der Waals surface area contributed by atoms with E-state index in [1.807, 2.05) is 0 Å². The third kappa shape index (κ3) is 4.35. The van der Waals surface area contributed by atoms with Crippen molar-refractivity contribution in [1.82, 2.24) is 0 Å². The van der Waals surface area contributed by atoms with Crippen molar-refractivity contribution in [3.63, 3.8) is 0 Å². The molecule has 0 atom stereocenters. The molecule has 6 N–H and O–H groups in total. The van der Waals surface area contributed by atoms with E-state index < -0.39 is 0 Å². The first-order valence-electron chi connectivity index (χ1n) is 9.09. The second kappa shape index (κ2) is 9.04. The van der Waals surface area contributed by atoms with Crippen LogP contribution in [-0.2, 0) is 0 Å². The highest BCUT2D eigenvalue weighted by Gasteiger charge is 2.22. The standard InChI is InChI=1S/C22H22N2O7/c1-29-18-10-15(12-3-6-14(25)7-4-12)22(30-2)21(27)20(18)13-5-8-17(16(26)9-13)31-11-19(23)24-28/h3-10,25-28H,11H2,1-2H3,(H2,23,24). The molecule has 0 saturated carbocycles. The highest BCUT2D eigenvalue weighted by Crippen LogP contribution is 2.50. The van der Waals surface area contributed by atoms with Crippen LogP contribution in [0.3, 0.4) is 0 Å². The fourth-order valence-electron chi connectivity index (χ4n) is 3.10. The van der Waals surface area contributed by atoms with E-state index in [2.05, 4.69) is 5.16 Å². The molecule has 31 heavy (non-hydrogen) atoms. The molecule has 0 heterocycles. The predicted octanol–water partition coefficient (Wildman–Crippen LogP) is 3.28. The summed E-state index contributed by atoms with van der Waals surface area (Å²) in [5.41, 5.74) is 7.37. The Morgan fingerprint density at radius 3 is 2.16 bits per heavy atom. The van der Waals surface area contributed by atoms with Gasteiger partial charge in [-0.3, -0.25) is 0 Å². The quantitative estimate of drug-likeness (QED) is 0.167. The van der Waals surface area contributed by atoms with Gasteiger partial charge >= 0.3 is 0 Å². The molecule has 162 valence electrons. The number of oxime groups is 1. The zero-order valence-electron chi connectivity index (χ0n) is 16.9. The normalized spacial score (nSPS) is 11.2. The van der Waals surface area contributed by atoms with E-state index in [4.69, 9.17) is 25.2 Å². The molecule has 0 fully saturated rings. The third-order valence-electron chi connectivity index (χ3n) is 4.57. The van der Waals surface area contributed by atoms with Gasteiger partial charge in [-0.25, -0.2) is 0 Å². The largest absolute Gasteiger partial charge is 0.508 e. The molecule has 0 radical (unpaired) electrons. The lowest BCUT2D eigenvalue weighted by Gasteiger charge is -2.18. The van der Waals surface area contributed by atoms with Crippen molar-refractivity contribution < 1.29 is 34.7 Å². The number of rotatable bonds is 7. The van der Waals surface area contributed by atoms with E-state index in [0.29, 0.717) is 28.0 Å². The predicted molar refractivity (Wildman–Crippen MR) is 114 cm³/mol. The summed E-state index contributed by atoms with van der Waals surface area (Å²) in [7, 11) is 2.89. The number of ether oxygens (including phenoxy) is 3. The Kier molecular flexibility index (Phi) is 6.25. The van der Waals surface area contributed by atoms with E-state index in [0.717, 1.165) is 0 Å². The number of amidine groups is 1. The number of nitrogens with zero attached hydrogens (tertiary/aromatic N) is 1. The van der Waals surface area contributed by atoms with Crippen molar-refractivity contribution in [3.05, 3.63) is 48.5 Å². The first-order chi connectivity index (χ1) is 14.9. The average molecular weight is 426 g/mol. The summed E-state index contributed by atoms with van der Waals surface area (Å²) in [4.78, 5) is 0. The van der Waals surface area contributed by atoms with Gasteiger partial charge in [0.25, 0.3) is 0 Å². The number of hydrogen-bond acceptors (Lipinski definition) is 8. The second-order valence-electron chi connectivity index (χ2n) is 6.49. The van der Waals surface area contributed by atoms with Crippen LogP contribution in [0, 0.1) is 0 Å². The van der Waals surface area contributed by atoms with E-state index in [1.165, 1.54) is 38.5 Å². The summed E-state index contributed by atoms with van der Waals surface area (Å²) in [5, 5.41) is 42.3. The van der Waals surface area contributed by atoms with E-state index >= 15 is 0 Å². The molecule has 0 aliphatic heterocycles. The smallest absolute Gasteiger partial charge is 0.177 e. The van der Waals surface area contributed by atoms with Crippen LogP contribution < -0.4 is 19.9 Å². The zero-order valence-corrected chi connectivity index (χ0v) is 16.9. The molecule has 0 amide bonds. The minimum absolute atomic E-state index is 0.111. The Hall–Kier alpha value is -4.27. The van der Waals surface area contributed by atoms with Crippen LogP contribution >= 0.6 is 0 Å². The minimum Gasteiger partial charge on any atom is -0.508 e.